The second kappa shape index (κ2) is 7.40. The maximum absolute atomic E-state index is 11.9. The number of carbonyl (C=O) groups is 1. The number of pyridine rings is 1. The van der Waals surface area contributed by atoms with Gasteiger partial charge >= 0.3 is 0 Å². The van der Waals surface area contributed by atoms with Gasteiger partial charge in [-0.25, -0.2) is 0 Å². The van der Waals surface area contributed by atoms with Gasteiger partial charge in [-0.3, -0.25) is 9.78 Å². The molecular weight excluding hydrogens is 250 g/mol. The third kappa shape index (κ3) is 4.17. The van der Waals surface area contributed by atoms with E-state index in [1.165, 1.54) is 0 Å². The Hall–Kier alpha value is -2.20. The highest BCUT2D eigenvalue weighted by Crippen LogP contribution is 2.14. The first kappa shape index (κ1) is 14.2. The molecule has 20 heavy (non-hydrogen) atoms. The molecule has 0 aliphatic carbocycles. The molecule has 2 rings (SSSR count). The summed E-state index contributed by atoms with van der Waals surface area (Å²) in [6, 6.07) is 11.7. The number of anilines is 1. The fourth-order valence-electron chi connectivity index (χ4n) is 1.97. The van der Waals surface area contributed by atoms with Crippen LogP contribution < -0.4 is 10.6 Å². The first-order valence-corrected chi connectivity index (χ1v) is 6.77. The van der Waals surface area contributed by atoms with Gasteiger partial charge in [-0.15, -0.1) is 0 Å². The van der Waals surface area contributed by atoms with Crippen molar-refractivity contribution in [2.75, 3.05) is 11.9 Å². The van der Waals surface area contributed by atoms with Crippen LogP contribution in [0.25, 0.3) is 0 Å². The molecule has 4 nitrogen and oxygen atoms in total. The van der Waals surface area contributed by atoms with E-state index in [4.69, 9.17) is 0 Å². The third-order valence-corrected chi connectivity index (χ3v) is 3.04. The maximum Gasteiger partial charge on any atom is 0.238 e. The van der Waals surface area contributed by atoms with Gasteiger partial charge in [-0.1, -0.05) is 25.1 Å². The number of hydrogen-bond acceptors (Lipinski definition) is 3. The van der Waals surface area contributed by atoms with E-state index in [-0.39, 0.29) is 5.91 Å². The minimum absolute atomic E-state index is 0.0278. The fourth-order valence-corrected chi connectivity index (χ4v) is 1.97. The van der Waals surface area contributed by atoms with Gasteiger partial charge in [0.1, 0.15) is 0 Å². The number of nitrogens with zero attached hydrogens (tertiary/aromatic N) is 1. The summed E-state index contributed by atoms with van der Waals surface area (Å²) in [5.74, 6) is -0.0278. The molecule has 0 bridgehead atoms. The molecule has 0 unspecified atom stereocenters. The molecule has 0 saturated carbocycles. The number of amides is 1. The lowest BCUT2D eigenvalue weighted by molar-refractivity contribution is -0.115. The molecule has 1 aromatic heterocycles. The number of rotatable bonds is 6. The Labute approximate surface area is 119 Å². The van der Waals surface area contributed by atoms with Crippen LogP contribution in [0.3, 0.4) is 0 Å². The Morgan fingerprint density at radius 1 is 1.15 bits per heavy atom. The van der Waals surface area contributed by atoms with E-state index < -0.39 is 0 Å². The molecule has 0 spiro atoms. The average Bonchev–Trinajstić information content (AvgIpc) is 2.49. The van der Waals surface area contributed by atoms with Crippen molar-refractivity contribution in [1.29, 1.82) is 0 Å². The van der Waals surface area contributed by atoms with Gasteiger partial charge in [0.15, 0.2) is 0 Å². The number of para-hydroxylation sites is 1. The van der Waals surface area contributed by atoms with Gasteiger partial charge < -0.3 is 10.6 Å². The lowest BCUT2D eigenvalue weighted by atomic mass is 10.1. The van der Waals surface area contributed by atoms with Crippen LogP contribution in [0.2, 0.25) is 0 Å². The zero-order valence-electron chi connectivity index (χ0n) is 11.6. The number of aromatic nitrogens is 1. The summed E-state index contributed by atoms with van der Waals surface area (Å²) in [6.07, 6.45) is 4.39. The molecule has 1 heterocycles. The van der Waals surface area contributed by atoms with E-state index in [2.05, 4.69) is 22.5 Å². The van der Waals surface area contributed by atoms with Crippen LogP contribution in [0, 0.1) is 0 Å². The Kier molecular flexibility index (Phi) is 5.26. The third-order valence-electron chi connectivity index (χ3n) is 3.04. The van der Waals surface area contributed by atoms with E-state index in [1.54, 1.807) is 12.4 Å². The van der Waals surface area contributed by atoms with E-state index in [0.717, 1.165) is 23.2 Å². The molecule has 0 aliphatic rings. The van der Waals surface area contributed by atoms with E-state index in [9.17, 15) is 4.79 Å². The van der Waals surface area contributed by atoms with E-state index >= 15 is 0 Å². The molecule has 2 aromatic rings. The molecule has 1 amide bonds. The first-order valence-electron chi connectivity index (χ1n) is 6.77. The predicted molar refractivity (Wildman–Crippen MR) is 80.4 cm³/mol. The van der Waals surface area contributed by atoms with E-state index in [0.29, 0.717) is 13.1 Å². The van der Waals surface area contributed by atoms with Gasteiger partial charge in [0.05, 0.1) is 6.54 Å². The Balaban J connectivity index is 1.81. The topological polar surface area (TPSA) is 54.0 Å². The molecule has 0 aliphatic heterocycles. The quantitative estimate of drug-likeness (QED) is 0.846. The van der Waals surface area contributed by atoms with Crippen molar-refractivity contribution in [1.82, 2.24) is 10.3 Å². The SMILES string of the molecule is CCc1ccccc1NC(=O)CNCc1ccncc1. The number of benzene rings is 1. The molecule has 0 fully saturated rings. The fraction of sp³-hybridized carbons (Fsp3) is 0.250. The van der Waals surface area contributed by atoms with Gasteiger partial charge in [0, 0.05) is 24.6 Å². The van der Waals surface area contributed by atoms with Crippen LogP contribution in [-0.4, -0.2) is 17.4 Å². The van der Waals surface area contributed by atoms with E-state index in [1.807, 2.05) is 36.4 Å². The highest BCUT2D eigenvalue weighted by molar-refractivity contribution is 5.92. The highest BCUT2D eigenvalue weighted by atomic mass is 16.1. The average molecular weight is 269 g/mol. The Morgan fingerprint density at radius 3 is 2.65 bits per heavy atom. The van der Waals surface area contributed by atoms with Crippen LogP contribution in [0.4, 0.5) is 5.69 Å². The summed E-state index contributed by atoms with van der Waals surface area (Å²) in [5, 5.41) is 6.05. The van der Waals surface area contributed by atoms with Gasteiger partial charge in [0.2, 0.25) is 5.91 Å². The number of carbonyl (C=O) groups excluding carboxylic acids is 1. The van der Waals surface area contributed by atoms with Crippen LogP contribution in [0.5, 0.6) is 0 Å². The second-order valence-corrected chi connectivity index (χ2v) is 4.52. The number of hydrogen-bond donors (Lipinski definition) is 2. The van der Waals surface area contributed by atoms with Crippen molar-refractivity contribution in [3.05, 3.63) is 59.9 Å². The lowest BCUT2D eigenvalue weighted by Crippen LogP contribution is -2.28. The molecule has 2 N–H and O–H groups in total. The highest BCUT2D eigenvalue weighted by Gasteiger charge is 2.04. The van der Waals surface area contributed by atoms with Crippen molar-refractivity contribution in [2.45, 2.75) is 19.9 Å². The van der Waals surface area contributed by atoms with Crippen molar-refractivity contribution >= 4 is 11.6 Å². The molecule has 104 valence electrons. The Bertz CT molecular complexity index is 555. The van der Waals surface area contributed by atoms with Crippen molar-refractivity contribution < 1.29 is 4.79 Å². The predicted octanol–water partition coefficient (Wildman–Crippen LogP) is 2.37. The van der Waals surface area contributed by atoms with Crippen LogP contribution in [0.1, 0.15) is 18.1 Å². The summed E-state index contributed by atoms with van der Waals surface area (Å²) in [6.45, 7) is 3.03. The largest absolute Gasteiger partial charge is 0.325 e. The van der Waals surface area contributed by atoms with Crippen LogP contribution in [0.15, 0.2) is 48.8 Å². The minimum Gasteiger partial charge on any atom is -0.325 e. The molecule has 4 heteroatoms. The van der Waals surface area contributed by atoms with Crippen molar-refractivity contribution in [2.24, 2.45) is 0 Å². The van der Waals surface area contributed by atoms with Crippen molar-refractivity contribution in [3.63, 3.8) is 0 Å². The summed E-state index contributed by atoms with van der Waals surface area (Å²) in [7, 11) is 0. The summed E-state index contributed by atoms with van der Waals surface area (Å²) in [5.41, 5.74) is 3.16. The number of nitrogens with one attached hydrogen (secondary N) is 2. The lowest BCUT2D eigenvalue weighted by Gasteiger charge is -2.10. The monoisotopic (exact) mass is 269 g/mol. The molecule has 0 saturated heterocycles. The molecule has 0 atom stereocenters. The van der Waals surface area contributed by atoms with Crippen molar-refractivity contribution in [3.8, 4) is 0 Å². The smallest absolute Gasteiger partial charge is 0.238 e. The zero-order chi connectivity index (χ0) is 14.2. The number of aryl methyl sites for hydroxylation is 1. The normalized spacial score (nSPS) is 10.2. The van der Waals surface area contributed by atoms with Crippen LogP contribution >= 0.6 is 0 Å². The van der Waals surface area contributed by atoms with Gasteiger partial charge in [-0.05, 0) is 35.7 Å². The van der Waals surface area contributed by atoms with Gasteiger partial charge in [-0.2, -0.15) is 0 Å². The molecule has 1 aromatic carbocycles. The molecule has 0 radical (unpaired) electrons. The maximum atomic E-state index is 11.9. The van der Waals surface area contributed by atoms with Gasteiger partial charge in [0.25, 0.3) is 0 Å². The summed E-state index contributed by atoms with van der Waals surface area (Å²) >= 11 is 0. The minimum atomic E-state index is -0.0278. The second-order valence-electron chi connectivity index (χ2n) is 4.52. The summed E-state index contributed by atoms with van der Waals surface area (Å²) in [4.78, 5) is 15.8. The summed E-state index contributed by atoms with van der Waals surface area (Å²) < 4.78 is 0. The first-order chi connectivity index (χ1) is 9.79. The zero-order valence-corrected chi connectivity index (χ0v) is 11.6. The van der Waals surface area contributed by atoms with Crippen LogP contribution in [-0.2, 0) is 17.8 Å². The standard InChI is InChI=1S/C16H19N3O/c1-2-14-5-3-4-6-15(14)19-16(20)12-18-11-13-7-9-17-10-8-13/h3-10,18H,2,11-12H2,1H3,(H,19,20). The molecular formula is C16H19N3O. The Morgan fingerprint density at radius 2 is 1.90 bits per heavy atom.